The van der Waals surface area contributed by atoms with Gasteiger partial charge in [-0.15, -0.1) is 0 Å². The molecule has 0 amide bonds. The van der Waals surface area contributed by atoms with Crippen LogP contribution in [0.5, 0.6) is 0 Å². The van der Waals surface area contributed by atoms with Crippen molar-refractivity contribution in [1.29, 1.82) is 0 Å². The van der Waals surface area contributed by atoms with Gasteiger partial charge < -0.3 is 0 Å². The van der Waals surface area contributed by atoms with Gasteiger partial charge in [0, 0.05) is 10.0 Å². The molecule has 0 bridgehead atoms. The van der Waals surface area contributed by atoms with Crippen LogP contribution < -0.4 is 0 Å². The van der Waals surface area contributed by atoms with E-state index in [0.717, 1.165) is 16.2 Å². The lowest BCUT2D eigenvalue weighted by Crippen LogP contribution is -1.87. The minimum Gasteiger partial charge on any atom is -0.259 e. The zero-order chi connectivity index (χ0) is 9.84. The Kier molecular flexibility index (Phi) is 3.19. The largest absolute Gasteiger partial charge is 0.259 e. The highest BCUT2D eigenvalue weighted by Crippen LogP contribution is 2.18. The maximum absolute atomic E-state index is 10.2. The second-order valence-corrected chi connectivity index (χ2v) is 3.52. The van der Waals surface area contributed by atoms with Crippen LogP contribution in [0, 0.1) is 10.1 Å². The first-order valence-corrected chi connectivity index (χ1v) is 4.47. The summed E-state index contributed by atoms with van der Waals surface area (Å²) in [6.07, 6.45) is 1.00. The lowest BCUT2D eigenvalue weighted by molar-refractivity contribution is -0.401. The fraction of sp³-hybridized carbons (Fsp3) is 0.111. The predicted molar refractivity (Wildman–Crippen MR) is 54.8 cm³/mol. The molecule has 0 spiro atoms. The molecule has 0 N–H and O–H groups in total. The van der Waals surface area contributed by atoms with Crippen LogP contribution in [-0.2, 0) is 0 Å². The van der Waals surface area contributed by atoms with Crippen molar-refractivity contribution in [3.63, 3.8) is 0 Å². The zero-order valence-corrected chi connectivity index (χ0v) is 8.61. The van der Waals surface area contributed by atoms with Crippen LogP contribution in [0.2, 0.25) is 0 Å². The Hall–Kier alpha value is -1.16. The highest BCUT2D eigenvalue weighted by Gasteiger charge is 2.00. The maximum Gasteiger partial charge on any atom is 0.237 e. The van der Waals surface area contributed by atoms with Crippen molar-refractivity contribution in [2.45, 2.75) is 6.92 Å². The number of halogens is 1. The second-order valence-electron chi connectivity index (χ2n) is 2.61. The third-order valence-corrected chi connectivity index (χ3v) is 2.07. The van der Waals surface area contributed by atoms with E-state index in [1.807, 2.05) is 24.3 Å². The Morgan fingerprint density at radius 2 is 2.31 bits per heavy atom. The molecule has 3 nitrogen and oxygen atoms in total. The number of benzene rings is 1. The molecule has 0 unspecified atom stereocenters. The molecule has 1 rings (SSSR count). The summed E-state index contributed by atoms with van der Waals surface area (Å²) >= 11 is 3.30. The minimum absolute atomic E-state index is 0.448. The highest BCUT2D eigenvalue weighted by molar-refractivity contribution is 9.10. The topological polar surface area (TPSA) is 43.1 Å². The van der Waals surface area contributed by atoms with E-state index in [1.54, 1.807) is 6.92 Å². The normalized spacial score (nSPS) is 11.4. The Morgan fingerprint density at radius 3 is 2.85 bits per heavy atom. The SMILES string of the molecule is C/C(=C\[N+](=O)[O-])c1cccc(Br)c1. The Bertz CT molecular complexity index is 360. The Labute approximate surface area is 84.4 Å². The molecule has 0 aromatic heterocycles. The van der Waals surface area contributed by atoms with E-state index in [2.05, 4.69) is 15.9 Å². The number of rotatable bonds is 2. The molecule has 0 saturated heterocycles. The van der Waals surface area contributed by atoms with Crippen molar-refractivity contribution in [2.24, 2.45) is 0 Å². The Balaban J connectivity index is 3.02. The molecule has 0 fully saturated rings. The monoisotopic (exact) mass is 241 g/mol. The van der Waals surface area contributed by atoms with Gasteiger partial charge >= 0.3 is 0 Å². The lowest BCUT2D eigenvalue weighted by Gasteiger charge is -1.98. The van der Waals surface area contributed by atoms with Gasteiger partial charge in [-0.2, -0.15) is 0 Å². The summed E-state index contributed by atoms with van der Waals surface area (Å²) in [5, 5.41) is 10.2. The maximum atomic E-state index is 10.2. The number of hydrogen-bond donors (Lipinski definition) is 0. The molecule has 0 heterocycles. The van der Waals surface area contributed by atoms with Crippen LogP contribution in [0.4, 0.5) is 0 Å². The van der Waals surface area contributed by atoms with Gasteiger partial charge in [0.05, 0.1) is 4.92 Å². The van der Waals surface area contributed by atoms with Crippen LogP contribution in [0.15, 0.2) is 34.9 Å². The first-order valence-electron chi connectivity index (χ1n) is 3.67. The van der Waals surface area contributed by atoms with E-state index in [9.17, 15) is 10.1 Å². The third-order valence-electron chi connectivity index (χ3n) is 1.58. The first kappa shape index (κ1) is 9.92. The fourth-order valence-electron chi connectivity index (χ4n) is 0.966. The summed E-state index contributed by atoms with van der Waals surface area (Å²) in [5.74, 6) is 0. The van der Waals surface area contributed by atoms with E-state index in [-0.39, 0.29) is 0 Å². The number of nitro groups is 1. The van der Waals surface area contributed by atoms with Gasteiger partial charge in [0.2, 0.25) is 6.20 Å². The molecule has 1 aromatic carbocycles. The van der Waals surface area contributed by atoms with Gasteiger partial charge in [-0.3, -0.25) is 10.1 Å². The van der Waals surface area contributed by atoms with Crippen LogP contribution >= 0.6 is 15.9 Å². The zero-order valence-electron chi connectivity index (χ0n) is 7.03. The lowest BCUT2D eigenvalue weighted by atomic mass is 10.1. The molecule has 0 aliphatic carbocycles. The molecule has 0 aliphatic heterocycles. The molecule has 1 aromatic rings. The smallest absolute Gasteiger partial charge is 0.237 e. The van der Waals surface area contributed by atoms with Gasteiger partial charge in [0.1, 0.15) is 0 Å². The molecule has 0 radical (unpaired) electrons. The van der Waals surface area contributed by atoms with Crippen molar-refractivity contribution >= 4 is 21.5 Å². The van der Waals surface area contributed by atoms with E-state index < -0.39 is 4.92 Å². The van der Waals surface area contributed by atoms with Crippen molar-refractivity contribution in [3.05, 3.63) is 50.6 Å². The summed E-state index contributed by atoms with van der Waals surface area (Å²) in [4.78, 5) is 9.74. The van der Waals surface area contributed by atoms with Gasteiger partial charge in [0.15, 0.2) is 0 Å². The highest BCUT2D eigenvalue weighted by atomic mass is 79.9. The van der Waals surface area contributed by atoms with Crippen LogP contribution in [-0.4, -0.2) is 4.92 Å². The van der Waals surface area contributed by atoms with Crippen LogP contribution in [0.25, 0.3) is 5.57 Å². The molecule has 0 saturated carbocycles. The second kappa shape index (κ2) is 4.18. The van der Waals surface area contributed by atoms with Crippen molar-refractivity contribution < 1.29 is 4.92 Å². The third kappa shape index (κ3) is 2.99. The van der Waals surface area contributed by atoms with Gasteiger partial charge in [-0.1, -0.05) is 28.1 Å². The quantitative estimate of drug-likeness (QED) is 0.590. The van der Waals surface area contributed by atoms with Crippen LogP contribution in [0.1, 0.15) is 12.5 Å². The summed E-state index contributed by atoms with van der Waals surface area (Å²) in [5.41, 5.74) is 1.50. The predicted octanol–water partition coefficient (Wildman–Crippen LogP) is 3.09. The molecule has 4 heteroatoms. The van der Waals surface area contributed by atoms with Gasteiger partial charge in [-0.05, 0) is 24.6 Å². The van der Waals surface area contributed by atoms with E-state index >= 15 is 0 Å². The van der Waals surface area contributed by atoms with Crippen molar-refractivity contribution in [2.75, 3.05) is 0 Å². The van der Waals surface area contributed by atoms with Gasteiger partial charge in [-0.25, -0.2) is 0 Å². The number of hydrogen-bond acceptors (Lipinski definition) is 2. The Morgan fingerprint density at radius 1 is 1.62 bits per heavy atom. The molecule has 68 valence electrons. The standard InChI is InChI=1S/C9H8BrNO2/c1-7(6-11(12)13)8-3-2-4-9(10)5-8/h2-6H,1H3/b7-6+. The van der Waals surface area contributed by atoms with Crippen molar-refractivity contribution in [1.82, 2.24) is 0 Å². The fourth-order valence-corrected chi connectivity index (χ4v) is 1.37. The van der Waals surface area contributed by atoms with E-state index in [0.29, 0.717) is 5.57 Å². The average Bonchev–Trinajstić information content (AvgIpc) is 2.03. The number of allylic oxidation sites excluding steroid dienone is 1. The summed E-state index contributed by atoms with van der Waals surface area (Å²) in [7, 11) is 0. The summed E-state index contributed by atoms with van der Waals surface area (Å²) < 4.78 is 0.918. The first-order chi connectivity index (χ1) is 6.09. The molecule has 0 atom stereocenters. The van der Waals surface area contributed by atoms with Crippen LogP contribution in [0.3, 0.4) is 0 Å². The average molecular weight is 242 g/mol. The van der Waals surface area contributed by atoms with E-state index in [1.165, 1.54) is 0 Å². The van der Waals surface area contributed by atoms with E-state index in [4.69, 9.17) is 0 Å². The number of nitrogens with zero attached hydrogens (tertiary/aromatic N) is 1. The summed E-state index contributed by atoms with van der Waals surface area (Å²) in [6.45, 7) is 1.71. The molecule has 13 heavy (non-hydrogen) atoms. The summed E-state index contributed by atoms with van der Waals surface area (Å²) in [6, 6.07) is 7.40. The van der Waals surface area contributed by atoms with Gasteiger partial charge in [0.25, 0.3) is 0 Å². The molecular formula is C9H8BrNO2. The van der Waals surface area contributed by atoms with Crippen molar-refractivity contribution in [3.8, 4) is 0 Å². The molecule has 0 aliphatic rings. The minimum atomic E-state index is -0.448. The molecular weight excluding hydrogens is 234 g/mol.